The Balaban J connectivity index is 2.29. The highest BCUT2D eigenvalue weighted by Crippen LogP contribution is 2.23. The van der Waals surface area contributed by atoms with Crippen molar-refractivity contribution in [2.75, 3.05) is 5.73 Å². The third-order valence-corrected chi connectivity index (χ3v) is 5.20. The molecule has 3 aromatic heterocycles. The third kappa shape index (κ3) is 3.50. The zero-order valence-corrected chi connectivity index (χ0v) is 18.1. The summed E-state index contributed by atoms with van der Waals surface area (Å²) in [6, 6.07) is 2.10. The van der Waals surface area contributed by atoms with Gasteiger partial charge in [0.1, 0.15) is 15.8 Å². The summed E-state index contributed by atoms with van der Waals surface area (Å²) in [4.78, 5) is 21.5. The summed E-state index contributed by atoms with van der Waals surface area (Å²) in [5.41, 5.74) is 7.57. The molecule has 0 aliphatic carbocycles. The van der Waals surface area contributed by atoms with Crippen molar-refractivity contribution in [3.63, 3.8) is 0 Å². The minimum atomic E-state index is 0.0185. The van der Waals surface area contributed by atoms with E-state index in [1.54, 1.807) is 4.68 Å². The fourth-order valence-corrected chi connectivity index (χ4v) is 4.11. The Morgan fingerprint density at radius 3 is 2.70 bits per heavy atom. The minimum absolute atomic E-state index is 0.0185. The average Bonchev–Trinajstić information content (AvgIpc) is 2.92. The number of hydrogen-bond acceptors (Lipinski definition) is 5. The van der Waals surface area contributed by atoms with Crippen LogP contribution in [0.2, 0.25) is 0 Å². The van der Waals surface area contributed by atoms with Crippen LogP contribution in [0, 0.1) is 3.70 Å². The van der Waals surface area contributed by atoms with Crippen LogP contribution in [0.25, 0.3) is 23.2 Å². The molecule has 0 amide bonds. The molecule has 0 aliphatic rings. The monoisotopic (exact) mass is 478 g/mol. The molecular formula is C19H23IN6O. The molecule has 0 aromatic carbocycles. The minimum Gasteiger partial charge on any atom is -0.383 e. The van der Waals surface area contributed by atoms with Crippen LogP contribution in [0.15, 0.2) is 17.2 Å². The van der Waals surface area contributed by atoms with Crippen molar-refractivity contribution in [1.29, 1.82) is 0 Å². The number of rotatable bonds is 4. The number of nitrogen functional groups attached to an aromatic ring is 1. The van der Waals surface area contributed by atoms with E-state index in [1.807, 2.05) is 31.4 Å². The molecule has 0 bridgehead atoms. The Hall–Kier alpha value is -2.23. The maximum absolute atomic E-state index is 13.1. The molecule has 0 saturated heterocycles. The van der Waals surface area contributed by atoms with Crippen molar-refractivity contribution in [3.8, 4) is 0 Å². The second kappa shape index (κ2) is 7.79. The van der Waals surface area contributed by atoms with Gasteiger partial charge in [0.05, 0.1) is 11.9 Å². The van der Waals surface area contributed by atoms with Crippen LogP contribution >= 0.6 is 22.6 Å². The predicted molar refractivity (Wildman–Crippen MR) is 117 cm³/mol. The van der Waals surface area contributed by atoms with E-state index in [0.29, 0.717) is 18.0 Å². The quantitative estimate of drug-likeness (QED) is 0.578. The number of fused-ring (bicyclic) bond motifs is 1. The predicted octanol–water partition coefficient (Wildman–Crippen LogP) is 1.79. The van der Waals surface area contributed by atoms with E-state index in [9.17, 15) is 4.79 Å². The summed E-state index contributed by atoms with van der Waals surface area (Å²) in [6.07, 6.45) is 6.26. The molecule has 27 heavy (non-hydrogen) atoms. The Morgan fingerprint density at radius 2 is 2.07 bits per heavy atom. The van der Waals surface area contributed by atoms with E-state index in [1.165, 1.54) is 6.33 Å². The van der Waals surface area contributed by atoms with Gasteiger partial charge in [-0.3, -0.25) is 4.79 Å². The Kier molecular flexibility index (Phi) is 5.64. The van der Waals surface area contributed by atoms with Crippen molar-refractivity contribution in [1.82, 2.24) is 24.3 Å². The summed E-state index contributed by atoms with van der Waals surface area (Å²) in [5, 5.41) is 7.02. The lowest BCUT2D eigenvalue weighted by molar-refractivity contribution is 0.525. The van der Waals surface area contributed by atoms with Crippen LogP contribution in [0.4, 0.5) is 5.82 Å². The second-order valence-corrected chi connectivity index (χ2v) is 7.60. The molecule has 2 N–H and O–H groups in total. The second-order valence-electron chi connectivity index (χ2n) is 6.58. The standard InChI is InChI=1S/C19H23IN6O/c1-5-7-12-8-13(26(11(3)4)19(27)14(12)6-2)9-25-18-15(16(20)24-25)17(21)22-10-23-18/h6-8,10-11H,5,9H2,1-4H3,(H2,21,22,23)/b12-7-,14-6+. The molecule has 7 nitrogen and oxygen atoms in total. The number of nitrogens with zero attached hydrogens (tertiary/aromatic N) is 5. The zero-order valence-electron chi connectivity index (χ0n) is 15.9. The van der Waals surface area contributed by atoms with E-state index < -0.39 is 0 Å². The summed E-state index contributed by atoms with van der Waals surface area (Å²) in [5.74, 6) is 0.410. The average molecular weight is 478 g/mol. The van der Waals surface area contributed by atoms with Gasteiger partial charge in [-0.25, -0.2) is 14.6 Å². The van der Waals surface area contributed by atoms with Gasteiger partial charge in [-0.2, -0.15) is 5.10 Å². The van der Waals surface area contributed by atoms with Gasteiger partial charge < -0.3 is 10.3 Å². The highest BCUT2D eigenvalue weighted by Gasteiger charge is 2.16. The molecule has 0 aliphatic heterocycles. The highest BCUT2D eigenvalue weighted by atomic mass is 127. The highest BCUT2D eigenvalue weighted by molar-refractivity contribution is 14.1. The van der Waals surface area contributed by atoms with E-state index in [-0.39, 0.29) is 11.6 Å². The zero-order chi connectivity index (χ0) is 19.7. The molecule has 0 spiro atoms. The van der Waals surface area contributed by atoms with Crippen LogP contribution in [-0.2, 0) is 6.54 Å². The molecule has 8 heteroatoms. The fourth-order valence-electron chi connectivity index (χ4n) is 3.33. The Bertz CT molecular complexity index is 1180. The number of anilines is 1. The first-order valence-electron chi connectivity index (χ1n) is 8.92. The molecule has 3 rings (SSSR count). The molecule has 0 saturated carbocycles. The third-order valence-electron chi connectivity index (χ3n) is 4.45. The molecular weight excluding hydrogens is 455 g/mol. The smallest absolute Gasteiger partial charge is 0.258 e. The van der Waals surface area contributed by atoms with Gasteiger partial charge in [0.15, 0.2) is 5.65 Å². The van der Waals surface area contributed by atoms with Crippen LogP contribution in [-0.4, -0.2) is 24.3 Å². The van der Waals surface area contributed by atoms with Gasteiger partial charge in [0.2, 0.25) is 0 Å². The number of nitrogens with two attached hydrogens (primary N) is 1. The Labute approximate surface area is 170 Å². The molecule has 3 heterocycles. The number of hydrogen-bond donors (Lipinski definition) is 1. The van der Waals surface area contributed by atoms with Gasteiger partial charge in [-0.15, -0.1) is 0 Å². The first kappa shape index (κ1) is 19.5. The normalized spacial score (nSPS) is 13.3. The van der Waals surface area contributed by atoms with Crippen LogP contribution in [0.5, 0.6) is 0 Å². The molecule has 0 unspecified atom stereocenters. The van der Waals surface area contributed by atoms with Crippen LogP contribution in [0.1, 0.15) is 45.9 Å². The van der Waals surface area contributed by atoms with E-state index in [2.05, 4.69) is 56.7 Å². The van der Waals surface area contributed by atoms with Gasteiger partial charge in [0.25, 0.3) is 5.56 Å². The number of halogens is 1. The van der Waals surface area contributed by atoms with Crippen molar-refractivity contribution in [3.05, 3.63) is 42.6 Å². The molecule has 0 fully saturated rings. The first-order valence-corrected chi connectivity index (χ1v) is 10.00. The summed E-state index contributed by atoms with van der Waals surface area (Å²) < 4.78 is 4.36. The summed E-state index contributed by atoms with van der Waals surface area (Å²) in [6.45, 7) is 8.42. The van der Waals surface area contributed by atoms with Gasteiger partial charge >= 0.3 is 0 Å². The number of pyridine rings is 1. The molecule has 3 aromatic rings. The van der Waals surface area contributed by atoms with Gasteiger partial charge in [-0.1, -0.05) is 19.1 Å². The maximum atomic E-state index is 13.1. The van der Waals surface area contributed by atoms with Crippen molar-refractivity contribution in [2.24, 2.45) is 0 Å². The molecule has 0 radical (unpaired) electrons. The summed E-state index contributed by atoms with van der Waals surface area (Å²) >= 11 is 2.14. The lowest BCUT2D eigenvalue weighted by Gasteiger charge is -2.17. The largest absolute Gasteiger partial charge is 0.383 e. The lowest BCUT2D eigenvalue weighted by Crippen LogP contribution is -2.46. The maximum Gasteiger partial charge on any atom is 0.258 e. The molecule has 0 atom stereocenters. The van der Waals surface area contributed by atoms with Crippen molar-refractivity contribution >= 4 is 51.6 Å². The summed E-state index contributed by atoms with van der Waals surface area (Å²) in [7, 11) is 0. The number of aromatic nitrogens is 5. The van der Waals surface area contributed by atoms with Gasteiger partial charge in [0, 0.05) is 17.0 Å². The lowest BCUT2D eigenvalue weighted by atomic mass is 10.2. The van der Waals surface area contributed by atoms with Crippen molar-refractivity contribution in [2.45, 2.75) is 46.7 Å². The molecule has 142 valence electrons. The van der Waals surface area contributed by atoms with Crippen LogP contribution < -0.4 is 21.7 Å². The van der Waals surface area contributed by atoms with E-state index in [0.717, 1.165) is 31.6 Å². The topological polar surface area (TPSA) is 91.6 Å². The van der Waals surface area contributed by atoms with E-state index in [4.69, 9.17) is 5.73 Å². The fraction of sp³-hybridized carbons (Fsp3) is 0.368. The van der Waals surface area contributed by atoms with E-state index >= 15 is 0 Å². The van der Waals surface area contributed by atoms with Crippen molar-refractivity contribution < 1.29 is 0 Å². The SMILES string of the molecule is C/C=c1/c(=O)n(C(C)C)c(Cn2nc(I)c3c(N)ncnc32)c/c1=C/CC. The van der Waals surface area contributed by atoms with Crippen LogP contribution in [0.3, 0.4) is 0 Å². The Morgan fingerprint density at radius 1 is 1.33 bits per heavy atom. The van der Waals surface area contributed by atoms with Gasteiger partial charge in [-0.05, 0) is 61.1 Å². The first-order chi connectivity index (χ1) is 12.9.